The second kappa shape index (κ2) is 12.3. The molecule has 2 aliphatic rings. The Morgan fingerprint density at radius 1 is 1.16 bits per heavy atom. The van der Waals surface area contributed by atoms with Gasteiger partial charge in [-0.05, 0) is 45.6 Å². The van der Waals surface area contributed by atoms with Gasteiger partial charge >= 0.3 is 0 Å². The van der Waals surface area contributed by atoms with Crippen molar-refractivity contribution in [2.45, 2.75) is 51.7 Å². The minimum atomic E-state index is -0.105. The van der Waals surface area contributed by atoms with E-state index in [0.29, 0.717) is 12.0 Å². The first-order chi connectivity index (χ1) is 11.6. The maximum absolute atomic E-state index is 9.63. The smallest absolute Gasteiger partial charge is 0.191 e. The second-order valence-electron chi connectivity index (χ2n) is 7.58. The minimum absolute atomic E-state index is 0. The van der Waals surface area contributed by atoms with Crippen LogP contribution in [0.15, 0.2) is 4.99 Å². The minimum Gasteiger partial charge on any atom is -0.393 e. The van der Waals surface area contributed by atoms with Crippen molar-refractivity contribution in [3.8, 4) is 0 Å². The highest BCUT2D eigenvalue weighted by atomic mass is 127. The van der Waals surface area contributed by atoms with Crippen molar-refractivity contribution < 1.29 is 5.11 Å². The molecule has 1 unspecified atom stereocenters. The van der Waals surface area contributed by atoms with Gasteiger partial charge in [0.1, 0.15) is 0 Å². The first-order valence-electron chi connectivity index (χ1n) is 9.70. The first kappa shape index (κ1) is 22.9. The first-order valence-corrected chi connectivity index (χ1v) is 9.70. The molecule has 2 rings (SSSR count). The average Bonchev–Trinajstić information content (AvgIpc) is 2.57. The van der Waals surface area contributed by atoms with E-state index in [1.165, 1.54) is 26.2 Å². The maximum atomic E-state index is 9.63. The molecule has 1 heterocycles. The van der Waals surface area contributed by atoms with Crippen LogP contribution in [-0.2, 0) is 0 Å². The molecule has 1 atom stereocenters. The van der Waals surface area contributed by atoms with Crippen LogP contribution in [0.3, 0.4) is 0 Å². The van der Waals surface area contributed by atoms with Gasteiger partial charge in [0.15, 0.2) is 5.96 Å². The highest BCUT2D eigenvalue weighted by Gasteiger charge is 2.20. The van der Waals surface area contributed by atoms with Gasteiger partial charge in [-0.15, -0.1) is 24.0 Å². The number of nitrogens with one attached hydrogen (secondary N) is 2. The normalized spacial score (nSPS) is 27.4. The molecule has 0 aromatic heterocycles. The highest BCUT2D eigenvalue weighted by molar-refractivity contribution is 14.0. The fraction of sp³-hybridized carbons (Fsp3) is 0.944. The van der Waals surface area contributed by atoms with E-state index in [1.807, 2.05) is 0 Å². The number of guanidine groups is 1. The Balaban J connectivity index is 0.00000312. The Morgan fingerprint density at radius 2 is 1.80 bits per heavy atom. The number of hydrogen-bond donors (Lipinski definition) is 3. The van der Waals surface area contributed by atoms with E-state index >= 15 is 0 Å². The van der Waals surface area contributed by atoms with Gasteiger partial charge in [-0.1, -0.05) is 6.92 Å². The molecule has 1 saturated carbocycles. The zero-order chi connectivity index (χ0) is 17.4. The van der Waals surface area contributed by atoms with Crippen LogP contribution in [-0.4, -0.2) is 85.9 Å². The van der Waals surface area contributed by atoms with Crippen LogP contribution < -0.4 is 10.6 Å². The molecule has 0 aromatic carbocycles. The molecule has 25 heavy (non-hydrogen) atoms. The monoisotopic (exact) mass is 467 g/mol. The number of aliphatic hydroxyl groups is 1. The van der Waals surface area contributed by atoms with Gasteiger partial charge in [-0.2, -0.15) is 0 Å². The molecule has 148 valence electrons. The fourth-order valence-electron chi connectivity index (χ4n) is 3.51. The summed E-state index contributed by atoms with van der Waals surface area (Å²) in [6.45, 7) is 12.0. The van der Waals surface area contributed by atoms with Crippen molar-refractivity contribution in [3.63, 3.8) is 0 Å². The average molecular weight is 467 g/mol. The summed E-state index contributed by atoms with van der Waals surface area (Å²) in [6.07, 6.45) is 3.75. The zero-order valence-electron chi connectivity index (χ0n) is 16.2. The van der Waals surface area contributed by atoms with Gasteiger partial charge in [0.25, 0.3) is 0 Å². The Labute approximate surface area is 170 Å². The van der Waals surface area contributed by atoms with E-state index < -0.39 is 0 Å². The van der Waals surface area contributed by atoms with Gasteiger partial charge in [0, 0.05) is 51.9 Å². The van der Waals surface area contributed by atoms with Crippen molar-refractivity contribution in [2.75, 3.05) is 52.9 Å². The summed E-state index contributed by atoms with van der Waals surface area (Å²) in [5.41, 5.74) is 0. The van der Waals surface area contributed by atoms with Crippen molar-refractivity contribution >= 4 is 29.9 Å². The number of rotatable bonds is 6. The SMILES string of the molecule is CCNC(=NCC(C)CN1CCN(C)CC1)NC1CCC(O)CC1.I. The fourth-order valence-corrected chi connectivity index (χ4v) is 3.51. The lowest BCUT2D eigenvalue weighted by Crippen LogP contribution is -2.47. The predicted molar refractivity (Wildman–Crippen MR) is 116 cm³/mol. The molecule has 2 fully saturated rings. The van der Waals surface area contributed by atoms with Crippen LogP contribution in [0.2, 0.25) is 0 Å². The Hall–Kier alpha value is -0.120. The number of piperazine rings is 1. The van der Waals surface area contributed by atoms with Gasteiger partial charge in [0.05, 0.1) is 6.10 Å². The highest BCUT2D eigenvalue weighted by Crippen LogP contribution is 2.18. The van der Waals surface area contributed by atoms with Crippen LogP contribution in [0.1, 0.15) is 39.5 Å². The predicted octanol–water partition coefficient (Wildman–Crippen LogP) is 1.35. The van der Waals surface area contributed by atoms with Gasteiger partial charge in [-0.25, -0.2) is 0 Å². The molecule has 1 aliphatic carbocycles. The lowest BCUT2D eigenvalue weighted by atomic mass is 9.93. The van der Waals surface area contributed by atoms with E-state index in [4.69, 9.17) is 4.99 Å². The van der Waals surface area contributed by atoms with Gasteiger partial charge in [0.2, 0.25) is 0 Å². The van der Waals surface area contributed by atoms with Crippen LogP contribution >= 0.6 is 24.0 Å². The number of aliphatic hydroxyl groups excluding tert-OH is 1. The Bertz CT molecular complexity index is 380. The third kappa shape index (κ3) is 8.88. The van der Waals surface area contributed by atoms with Crippen molar-refractivity contribution in [1.82, 2.24) is 20.4 Å². The number of aliphatic imine (C=N–C) groups is 1. The molecular formula is C18H38IN5O. The third-order valence-corrected chi connectivity index (χ3v) is 5.11. The van der Waals surface area contributed by atoms with E-state index in [0.717, 1.165) is 51.3 Å². The Morgan fingerprint density at radius 3 is 2.40 bits per heavy atom. The molecule has 0 aromatic rings. The zero-order valence-corrected chi connectivity index (χ0v) is 18.5. The van der Waals surface area contributed by atoms with Crippen LogP contribution in [0.5, 0.6) is 0 Å². The van der Waals surface area contributed by atoms with E-state index in [2.05, 4.69) is 41.3 Å². The van der Waals surface area contributed by atoms with Gasteiger partial charge in [-0.3, -0.25) is 4.99 Å². The van der Waals surface area contributed by atoms with Gasteiger partial charge < -0.3 is 25.5 Å². The third-order valence-electron chi connectivity index (χ3n) is 5.11. The molecule has 6 nitrogen and oxygen atoms in total. The quantitative estimate of drug-likeness (QED) is 0.313. The summed E-state index contributed by atoms with van der Waals surface area (Å²) >= 11 is 0. The van der Waals surface area contributed by atoms with E-state index in [9.17, 15) is 5.11 Å². The number of nitrogens with zero attached hydrogens (tertiary/aromatic N) is 3. The van der Waals surface area contributed by atoms with E-state index in [-0.39, 0.29) is 30.1 Å². The van der Waals surface area contributed by atoms with Crippen molar-refractivity contribution in [3.05, 3.63) is 0 Å². The largest absolute Gasteiger partial charge is 0.393 e. The van der Waals surface area contributed by atoms with Crippen LogP contribution in [0.4, 0.5) is 0 Å². The topological polar surface area (TPSA) is 63.1 Å². The van der Waals surface area contributed by atoms with E-state index in [1.54, 1.807) is 0 Å². The number of halogens is 1. The Kier molecular flexibility index (Phi) is 11.3. The second-order valence-corrected chi connectivity index (χ2v) is 7.58. The number of hydrogen-bond acceptors (Lipinski definition) is 4. The maximum Gasteiger partial charge on any atom is 0.191 e. The molecule has 3 N–H and O–H groups in total. The summed E-state index contributed by atoms with van der Waals surface area (Å²) < 4.78 is 0. The summed E-state index contributed by atoms with van der Waals surface area (Å²) in [4.78, 5) is 9.76. The van der Waals surface area contributed by atoms with Crippen molar-refractivity contribution in [1.29, 1.82) is 0 Å². The van der Waals surface area contributed by atoms with Crippen LogP contribution in [0.25, 0.3) is 0 Å². The molecule has 1 saturated heterocycles. The molecule has 0 bridgehead atoms. The lowest BCUT2D eigenvalue weighted by Gasteiger charge is -2.33. The molecule has 1 aliphatic heterocycles. The van der Waals surface area contributed by atoms with Crippen molar-refractivity contribution in [2.24, 2.45) is 10.9 Å². The van der Waals surface area contributed by atoms with Crippen LogP contribution in [0, 0.1) is 5.92 Å². The molecule has 0 amide bonds. The summed E-state index contributed by atoms with van der Waals surface area (Å²) in [6, 6.07) is 0.444. The molecular weight excluding hydrogens is 429 g/mol. The molecule has 0 radical (unpaired) electrons. The lowest BCUT2D eigenvalue weighted by molar-refractivity contribution is 0.120. The summed E-state index contributed by atoms with van der Waals surface area (Å²) in [7, 11) is 2.20. The molecule has 0 spiro atoms. The summed E-state index contributed by atoms with van der Waals surface area (Å²) in [5.74, 6) is 1.50. The standard InChI is InChI=1S/C18H37N5O.HI/c1-4-19-18(21-16-5-7-17(24)8-6-16)20-13-15(2)14-23-11-9-22(3)10-12-23;/h15-17,24H,4-14H2,1-3H3,(H2,19,20,21);1H. The summed E-state index contributed by atoms with van der Waals surface area (Å²) in [5, 5.41) is 16.5. The molecule has 7 heteroatoms. The number of likely N-dealkylation sites (N-methyl/N-ethyl adjacent to an activating group) is 1.